The first-order chi connectivity index (χ1) is 12.0. The molecule has 0 bridgehead atoms. The lowest BCUT2D eigenvalue weighted by molar-refractivity contribution is -0.139. The van der Waals surface area contributed by atoms with Gasteiger partial charge in [0.15, 0.2) is 0 Å². The fraction of sp³-hybridized carbons (Fsp3) is 0.211. The number of amides is 1. The number of carbonyl (C=O) groups is 3. The lowest BCUT2D eigenvalue weighted by Crippen LogP contribution is -2.40. The molecular weight excluding hydrogens is 322 g/mol. The molecule has 2 aromatic carbocycles. The van der Waals surface area contributed by atoms with Crippen LogP contribution in [0.3, 0.4) is 0 Å². The number of carboxylic acid groups (broad SMARTS) is 1. The monoisotopic (exact) mass is 341 g/mol. The number of rotatable bonds is 7. The lowest BCUT2D eigenvalue weighted by atomic mass is 10.0. The highest BCUT2D eigenvalue weighted by Crippen LogP contribution is 2.18. The Bertz CT molecular complexity index is 807. The van der Waals surface area contributed by atoms with Crippen molar-refractivity contribution in [1.82, 2.24) is 5.32 Å². The Morgan fingerprint density at radius 2 is 1.88 bits per heavy atom. The molecule has 130 valence electrons. The van der Waals surface area contributed by atoms with E-state index >= 15 is 0 Å². The zero-order chi connectivity index (χ0) is 18.2. The standard InChI is InChI=1S/C19H19NO5/c1-2-25-17(21)12-6-11-16(19(23)24)20-18(22)15-10-5-8-13-7-3-4-9-14(13)15/h3-10,12,16H,2,11H2,1H3,(H,20,22)(H,23,24)/b12-6+/t16-/m1/s1. The highest BCUT2D eigenvalue weighted by atomic mass is 16.5. The Morgan fingerprint density at radius 3 is 2.60 bits per heavy atom. The van der Waals surface area contributed by atoms with Gasteiger partial charge in [-0.05, 0) is 30.2 Å². The van der Waals surface area contributed by atoms with Gasteiger partial charge in [-0.25, -0.2) is 9.59 Å². The summed E-state index contributed by atoms with van der Waals surface area (Å²) in [5, 5.41) is 13.4. The Morgan fingerprint density at radius 1 is 1.16 bits per heavy atom. The highest BCUT2D eigenvalue weighted by molar-refractivity contribution is 6.07. The lowest BCUT2D eigenvalue weighted by Gasteiger charge is -2.14. The smallest absolute Gasteiger partial charge is 0.330 e. The highest BCUT2D eigenvalue weighted by Gasteiger charge is 2.20. The van der Waals surface area contributed by atoms with E-state index in [9.17, 15) is 19.5 Å². The third-order valence-electron chi connectivity index (χ3n) is 3.55. The van der Waals surface area contributed by atoms with Crippen LogP contribution in [-0.2, 0) is 14.3 Å². The van der Waals surface area contributed by atoms with E-state index in [0.717, 1.165) is 16.8 Å². The molecule has 0 fully saturated rings. The Kier molecular flexibility index (Phi) is 6.28. The van der Waals surface area contributed by atoms with E-state index < -0.39 is 23.9 Å². The van der Waals surface area contributed by atoms with Gasteiger partial charge in [-0.2, -0.15) is 0 Å². The van der Waals surface area contributed by atoms with Crippen LogP contribution >= 0.6 is 0 Å². The summed E-state index contributed by atoms with van der Waals surface area (Å²) < 4.78 is 4.72. The first-order valence-electron chi connectivity index (χ1n) is 7.87. The van der Waals surface area contributed by atoms with Crippen molar-refractivity contribution in [2.45, 2.75) is 19.4 Å². The SMILES string of the molecule is CCOC(=O)/C=C/C[C@@H](NC(=O)c1cccc2ccccc12)C(=O)O. The minimum absolute atomic E-state index is 0.0232. The number of benzene rings is 2. The molecule has 0 spiro atoms. The number of hydrogen-bond acceptors (Lipinski definition) is 4. The second-order valence-electron chi connectivity index (χ2n) is 5.28. The van der Waals surface area contributed by atoms with Gasteiger partial charge in [-0.1, -0.05) is 42.5 Å². The van der Waals surface area contributed by atoms with Crippen LogP contribution in [0, 0.1) is 0 Å². The number of carboxylic acids is 1. The fourth-order valence-electron chi connectivity index (χ4n) is 2.37. The number of carbonyl (C=O) groups excluding carboxylic acids is 2. The number of ether oxygens (including phenoxy) is 1. The molecular formula is C19H19NO5. The molecule has 0 aliphatic heterocycles. The Balaban J connectivity index is 2.12. The molecule has 2 rings (SSSR count). The molecule has 6 heteroatoms. The van der Waals surface area contributed by atoms with E-state index in [1.54, 1.807) is 25.1 Å². The number of nitrogens with one attached hydrogen (secondary N) is 1. The maximum absolute atomic E-state index is 12.5. The zero-order valence-corrected chi connectivity index (χ0v) is 13.8. The summed E-state index contributed by atoms with van der Waals surface area (Å²) in [7, 11) is 0. The summed E-state index contributed by atoms with van der Waals surface area (Å²) in [6, 6.07) is 11.5. The van der Waals surface area contributed by atoms with Gasteiger partial charge >= 0.3 is 11.9 Å². The molecule has 2 N–H and O–H groups in total. The van der Waals surface area contributed by atoms with E-state index in [1.807, 2.05) is 24.3 Å². The van der Waals surface area contributed by atoms with Crippen molar-refractivity contribution < 1.29 is 24.2 Å². The van der Waals surface area contributed by atoms with E-state index in [2.05, 4.69) is 5.32 Å². The molecule has 1 amide bonds. The number of hydrogen-bond donors (Lipinski definition) is 2. The molecule has 6 nitrogen and oxygen atoms in total. The summed E-state index contributed by atoms with van der Waals surface area (Å²) in [6.07, 6.45) is 2.51. The molecule has 0 saturated carbocycles. The predicted molar refractivity (Wildman–Crippen MR) is 93.2 cm³/mol. The largest absolute Gasteiger partial charge is 0.480 e. The summed E-state index contributed by atoms with van der Waals surface area (Å²) >= 11 is 0. The van der Waals surface area contributed by atoms with Crippen LogP contribution in [0.1, 0.15) is 23.7 Å². The normalized spacial score (nSPS) is 12.0. The number of fused-ring (bicyclic) bond motifs is 1. The van der Waals surface area contributed by atoms with Crippen LogP contribution in [0.5, 0.6) is 0 Å². The summed E-state index contributed by atoms with van der Waals surface area (Å²) in [6.45, 7) is 1.92. The summed E-state index contributed by atoms with van der Waals surface area (Å²) in [4.78, 5) is 35.1. The quantitative estimate of drug-likeness (QED) is 0.596. The van der Waals surface area contributed by atoms with E-state index in [1.165, 1.54) is 6.08 Å². The molecule has 0 unspecified atom stereocenters. The van der Waals surface area contributed by atoms with Gasteiger partial charge < -0.3 is 15.2 Å². The average molecular weight is 341 g/mol. The average Bonchev–Trinajstić information content (AvgIpc) is 2.60. The van der Waals surface area contributed by atoms with Crippen molar-refractivity contribution >= 4 is 28.6 Å². The van der Waals surface area contributed by atoms with Gasteiger partial charge in [-0.15, -0.1) is 0 Å². The van der Waals surface area contributed by atoms with Crippen molar-refractivity contribution in [2.24, 2.45) is 0 Å². The van der Waals surface area contributed by atoms with Crippen LogP contribution in [0.15, 0.2) is 54.6 Å². The number of esters is 1. The van der Waals surface area contributed by atoms with Gasteiger partial charge in [0, 0.05) is 11.6 Å². The van der Waals surface area contributed by atoms with Crippen molar-refractivity contribution in [2.75, 3.05) is 6.61 Å². The number of aliphatic carboxylic acids is 1. The van der Waals surface area contributed by atoms with Crippen molar-refractivity contribution in [3.8, 4) is 0 Å². The molecule has 1 atom stereocenters. The second-order valence-corrected chi connectivity index (χ2v) is 5.28. The van der Waals surface area contributed by atoms with Crippen LogP contribution in [-0.4, -0.2) is 35.6 Å². The first-order valence-corrected chi connectivity index (χ1v) is 7.87. The topological polar surface area (TPSA) is 92.7 Å². The van der Waals surface area contributed by atoms with Gasteiger partial charge in [0.2, 0.25) is 0 Å². The van der Waals surface area contributed by atoms with E-state index in [4.69, 9.17) is 4.74 Å². The predicted octanol–water partition coefficient (Wildman–Crippen LogP) is 2.53. The molecule has 2 aromatic rings. The maximum Gasteiger partial charge on any atom is 0.330 e. The van der Waals surface area contributed by atoms with Crippen LogP contribution < -0.4 is 5.32 Å². The third-order valence-corrected chi connectivity index (χ3v) is 3.55. The van der Waals surface area contributed by atoms with Gasteiger partial charge in [-0.3, -0.25) is 4.79 Å². The molecule has 0 heterocycles. The van der Waals surface area contributed by atoms with Crippen molar-refractivity contribution in [1.29, 1.82) is 0 Å². The molecule has 25 heavy (non-hydrogen) atoms. The zero-order valence-electron chi connectivity index (χ0n) is 13.8. The van der Waals surface area contributed by atoms with Crippen LogP contribution in [0.4, 0.5) is 0 Å². The molecule has 0 saturated heterocycles. The van der Waals surface area contributed by atoms with Crippen molar-refractivity contribution in [3.63, 3.8) is 0 Å². The third kappa shape index (κ3) is 4.91. The van der Waals surface area contributed by atoms with Crippen LogP contribution in [0.25, 0.3) is 10.8 Å². The second kappa shape index (κ2) is 8.63. The molecule has 0 radical (unpaired) electrons. The Hall–Kier alpha value is -3.15. The molecule has 0 aliphatic rings. The van der Waals surface area contributed by atoms with Gasteiger partial charge in [0.05, 0.1) is 6.61 Å². The summed E-state index contributed by atoms with van der Waals surface area (Å²) in [5.41, 5.74) is 0.402. The maximum atomic E-state index is 12.5. The fourth-order valence-corrected chi connectivity index (χ4v) is 2.37. The molecule has 0 aromatic heterocycles. The minimum atomic E-state index is -1.18. The molecule has 0 aliphatic carbocycles. The van der Waals surface area contributed by atoms with Crippen molar-refractivity contribution in [3.05, 3.63) is 60.2 Å². The van der Waals surface area contributed by atoms with Crippen LogP contribution in [0.2, 0.25) is 0 Å². The minimum Gasteiger partial charge on any atom is -0.480 e. The Labute approximate surface area is 145 Å². The summed E-state index contributed by atoms with van der Waals surface area (Å²) in [5.74, 6) is -2.21. The van der Waals surface area contributed by atoms with E-state index in [0.29, 0.717) is 5.56 Å². The first kappa shape index (κ1) is 18.2. The van der Waals surface area contributed by atoms with Gasteiger partial charge in [0.25, 0.3) is 5.91 Å². The van der Waals surface area contributed by atoms with Gasteiger partial charge in [0.1, 0.15) is 6.04 Å². The van der Waals surface area contributed by atoms with E-state index in [-0.39, 0.29) is 13.0 Å².